The number of rotatable bonds is 6. The first-order chi connectivity index (χ1) is 11.9. The van der Waals surface area contributed by atoms with E-state index in [1.165, 1.54) is 5.56 Å². The smallest absolute Gasteiger partial charge is 0.351 e. The molecule has 1 saturated heterocycles. The second-order valence-corrected chi connectivity index (χ2v) is 5.95. The van der Waals surface area contributed by atoms with Crippen molar-refractivity contribution in [2.24, 2.45) is 0 Å². The summed E-state index contributed by atoms with van der Waals surface area (Å²) < 4.78 is 0. The van der Waals surface area contributed by atoms with Crippen LogP contribution in [0.25, 0.3) is 0 Å². The maximum atomic E-state index is 12.1. The van der Waals surface area contributed by atoms with E-state index in [2.05, 4.69) is 38.1 Å². The van der Waals surface area contributed by atoms with E-state index >= 15 is 0 Å². The van der Waals surface area contributed by atoms with Crippen LogP contribution < -0.4 is 10.0 Å². The predicted octanol–water partition coefficient (Wildman–Crippen LogP) is -1.25. The summed E-state index contributed by atoms with van der Waals surface area (Å²) in [7, 11) is 0. The number of nitrogens with zero attached hydrogens (tertiary/aromatic N) is 1. The Morgan fingerprint density at radius 1 is 1.24 bits per heavy atom. The molecule has 1 amide bonds. The number of likely N-dealkylation sites (tertiary alicyclic amines) is 1. The van der Waals surface area contributed by atoms with Crippen LogP contribution >= 0.6 is 0 Å². The lowest BCUT2D eigenvalue weighted by atomic mass is 9.99. The summed E-state index contributed by atoms with van der Waals surface area (Å²) in [5.41, 5.74) is 1.30. The van der Waals surface area contributed by atoms with Crippen LogP contribution in [0.1, 0.15) is 31.7 Å². The van der Waals surface area contributed by atoms with Crippen molar-refractivity contribution >= 4 is 17.8 Å². The van der Waals surface area contributed by atoms with Crippen molar-refractivity contribution in [1.29, 1.82) is 0 Å². The summed E-state index contributed by atoms with van der Waals surface area (Å²) in [6, 6.07) is 10.4. The van der Waals surface area contributed by atoms with E-state index in [9.17, 15) is 4.79 Å². The van der Waals surface area contributed by atoms with Crippen molar-refractivity contribution in [3.8, 4) is 0 Å². The summed E-state index contributed by atoms with van der Waals surface area (Å²) in [6.45, 7) is 9.55. The fourth-order valence-corrected chi connectivity index (χ4v) is 2.83. The first kappa shape index (κ1) is 20.6. The maximum Gasteiger partial charge on any atom is 0.351 e. The molecular weight excluding hydrogens is 324 g/mol. The molecule has 25 heavy (non-hydrogen) atoms. The molecule has 1 atom stereocenters. The van der Waals surface area contributed by atoms with Crippen LogP contribution in [-0.2, 0) is 14.4 Å². The molecule has 0 aromatic heterocycles. The molecule has 0 aliphatic carbocycles. The van der Waals surface area contributed by atoms with Crippen LogP contribution in [0.2, 0.25) is 0 Å². The van der Waals surface area contributed by atoms with Crippen LogP contribution in [0, 0.1) is 0 Å². The fourth-order valence-electron chi connectivity index (χ4n) is 2.83. The lowest BCUT2D eigenvalue weighted by molar-refractivity contribution is -0.895. The molecule has 2 rings (SSSR count). The van der Waals surface area contributed by atoms with Gasteiger partial charge in [-0.25, -0.2) is 4.79 Å². The molecule has 7 nitrogen and oxygen atoms in total. The molecule has 1 aliphatic rings. The first-order valence-corrected chi connectivity index (χ1v) is 8.49. The molecule has 1 heterocycles. The average Bonchev–Trinajstić information content (AvgIpc) is 2.98. The van der Waals surface area contributed by atoms with Gasteiger partial charge in [-0.1, -0.05) is 30.3 Å². The van der Waals surface area contributed by atoms with E-state index in [1.54, 1.807) is 4.90 Å². The molecule has 0 radical (unpaired) electrons. The number of aliphatic carboxylic acids is 2. The lowest BCUT2D eigenvalue weighted by Gasteiger charge is -2.21. The molecule has 1 unspecified atom stereocenters. The number of carboxylic acid groups (broad SMARTS) is 2. The van der Waals surface area contributed by atoms with Gasteiger partial charge in [0.15, 0.2) is 5.97 Å². The number of quaternary nitrogens is 1. The molecule has 1 aromatic carbocycles. The number of carbonyl (C=O) groups excluding carboxylic acids is 2. The number of nitrogens with one attached hydrogen (secondary N) is 1. The van der Waals surface area contributed by atoms with Crippen LogP contribution in [0.15, 0.2) is 30.3 Å². The van der Waals surface area contributed by atoms with Crippen LogP contribution in [0.4, 0.5) is 0 Å². The van der Waals surface area contributed by atoms with E-state index in [0.29, 0.717) is 18.2 Å². The molecule has 7 heteroatoms. The third-order valence-corrected chi connectivity index (χ3v) is 4.40. The maximum absolute atomic E-state index is 12.1. The largest absolute Gasteiger partial charge is 0.539 e. The minimum Gasteiger partial charge on any atom is -0.539 e. The van der Waals surface area contributed by atoms with Crippen molar-refractivity contribution in [2.75, 3.05) is 32.7 Å². The third-order valence-electron chi connectivity index (χ3n) is 4.40. The summed E-state index contributed by atoms with van der Waals surface area (Å²) in [4.78, 5) is 33.7. The van der Waals surface area contributed by atoms with E-state index in [1.807, 2.05) is 11.0 Å². The van der Waals surface area contributed by atoms with Gasteiger partial charge in [0.25, 0.3) is 0 Å². The van der Waals surface area contributed by atoms with Crippen molar-refractivity contribution < 1.29 is 29.5 Å². The van der Waals surface area contributed by atoms with Crippen LogP contribution in [-0.4, -0.2) is 60.6 Å². The number of carboxylic acids is 2. The zero-order valence-corrected chi connectivity index (χ0v) is 14.7. The lowest BCUT2D eigenvalue weighted by Crippen LogP contribution is -3.12. The van der Waals surface area contributed by atoms with Gasteiger partial charge in [0.05, 0.1) is 26.2 Å². The standard InChI is InChI=1S/C16H24N2O.C2H2O4/c1-3-17(4-2)10-11-18-13-15(12-16(18)19)14-8-6-5-7-9-14;3-1(4)2(5)6/h5-9,15H,3-4,10-13H2,1-2H3;(H,3,4)(H,5,6). The van der Waals surface area contributed by atoms with Gasteiger partial charge in [0.1, 0.15) is 0 Å². The quantitative estimate of drug-likeness (QED) is 0.624. The third kappa shape index (κ3) is 6.93. The molecule has 2 N–H and O–H groups in total. The molecule has 1 aliphatic heterocycles. The van der Waals surface area contributed by atoms with Gasteiger partial charge in [-0.2, -0.15) is 0 Å². The Morgan fingerprint density at radius 3 is 2.28 bits per heavy atom. The Balaban J connectivity index is 0.000000450. The zero-order chi connectivity index (χ0) is 18.8. The number of hydrogen-bond acceptors (Lipinski definition) is 4. The number of likely N-dealkylation sites (N-methyl/N-ethyl adjacent to an activating group) is 1. The first-order valence-electron chi connectivity index (χ1n) is 8.49. The number of hydrogen-bond donors (Lipinski definition) is 2. The summed E-state index contributed by atoms with van der Waals surface area (Å²) in [6.07, 6.45) is 0.678. The van der Waals surface area contributed by atoms with Crippen molar-refractivity contribution in [1.82, 2.24) is 4.90 Å². The molecule has 138 valence electrons. The summed E-state index contributed by atoms with van der Waals surface area (Å²) in [5, 5.41) is 16.3. The van der Waals surface area contributed by atoms with Crippen LogP contribution in [0.5, 0.6) is 0 Å². The van der Waals surface area contributed by atoms with Crippen molar-refractivity contribution in [3.63, 3.8) is 0 Å². The number of amides is 1. The van der Waals surface area contributed by atoms with Crippen molar-refractivity contribution in [3.05, 3.63) is 35.9 Å². The Hall–Kier alpha value is -2.41. The molecule has 1 aromatic rings. The van der Waals surface area contributed by atoms with Gasteiger partial charge < -0.3 is 24.8 Å². The SMILES string of the molecule is CC[NH+](CC)CCN1CC(c2ccccc2)CC1=O.O=C([O-])C(=O)O. The van der Waals surface area contributed by atoms with Gasteiger partial charge in [-0.3, -0.25) is 4.79 Å². The highest BCUT2D eigenvalue weighted by molar-refractivity contribution is 6.26. The molecule has 0 bridgehead atoms. The number of benzene rings is 1. The minimum atomic E-state index is -2.07. The van der Waals surface area contributed by atoms with Gasteiger partial charge in [0.2, 0.25) is 5.91 Å². The van der Waals surface area contributed by atoms with Gasteiger partial charge in [0, 0.05) is 18.9 Å². The highest BCUT2D eigenvalue weighted by Crippen LogP contribution is 2.27. The topological polar surface area (TPSA) is 102 Å². The zero-order valence-electron chi connectivity index (χ0n) is 14.7. The van der Waals surface area contributed by atoms with E-state index < -0.39 is 11.9 Å². The second-order valence-electron chi connectivity index (χ2n) is 5.95. The Bertz CT molecular complexity index is 560. The Kier molecular flexibility index (Phi) is 8.63. The molecular formula is C18H26N2O5. The summed E-state index contributed by atoms with van der Waals surface area (Å²) >= 11 is 0. The highest BCUT2D eigenvalue weighted by Gasteiger charge is 2.30. The summed E-state index contributed by atoms with van der Waals surface area (Å²) in [5.74, 6) is -3.30. The van der Waals surface area contributed by atoms with Crippen molar-refractivity contribution in [2.45, 2.75) is 26.2 Å². The van der Waals surface area contributed by atoms with Gasteiger partial charge >= 0.3 is 5.97 Å². The predicted molar refractivity (Wildman–Crippen MR) is 89.9 cm³/mol. The average molecular weight is 350 g/mol. The highest BCUT2D eigenvalue weighted by atomic mass is 16.4. The Labute approximate surface area is 147 Å². The van der Waals surface area contributed by atoms with E-state index in [0.717, 1.165) is 32.7 Å². The van der Waals surface area contributed by atoms with Gasteiger partial charge in [-0.05, 0) is 19.4 Å². The normalized spacial score (nSPS) is 16.5. The molecule has 0 spiro atoms. The number of carbonyl (C=O) groups is 3. The molecule has 0 saturated carbocycles. The molecule has 1 fully saturated rings. The Morgan fingerprint density at radius 2 is 1.80 bits per heavy atom. The van der Waals surface area contributed by atoms with E-state index in [4.69, 9.17) is 19.8 Å². The monoisotopic (exact) mass is 350 g/mol. The fraction of sp³-hybridized carbons (Fsp3) is 0.500. The minimum absolute atomic E-state index is 0.320. The van der Waals surface area contributed by atoms with Gasteiger partial charge in [-0.15, -0.1) is 0 Å². The van der Waals surface area contributed by atoms with E-state index in [-0.39, 0.29) is 0 Å². The van der Waals surface area contributed by atoms with Crippen LogP contribution in [0.3, 0.4) is 0 Å². The second kappa shape index (κ2) is 10.5.